The van der Waals surface area contributed by atoms with E-state index in [1.807, 2.05) is 0 Å². The maximum absolute atomic E-state index is 12.8. The number of rotatable bonds is 6. The maximum Gasteiger partial charge on any atom is 0.327 e. The fraction of sp³-hybridized carbons (Fsp3) is 0.333. The van der Waals surface area contributed by atoms with Gasteiger partial charge in [0.2, 0.25) is 5.91 Å². The third kappa shape index (κ3) is 4.28. The van der Waals surface area contributed by atoms with Gasteiger partial charge in [0, 0.05) is 25.7 Å². The summed E-state index contributed by atoms with van der Waals surface area (Å²) in [7, 11) is 1.48. The highest BCUT2D eigenvalue weighted by Crippen LogP contribution is 2.06. The summed E-state index contributed by atoms with van der Waals surface area (Å²) in [4.78, 5) is 48.7. The van der Waals surface area contributed by atoms with E-state index in [2.05, 4.69) is 10.6 Å². The summed E-state index contributed by atoms with van der Waals surface area (Å²) < 4.78 is 12.8. The number of urea groups is 1. The molecule has 1 aromatic carbocycles. The molecular weight excluding hydrogens is 319 g/mol. The van der Waals surface area contributed by atoms with Crippen molar-refractivity contribution in [2.24, 2.45) is 0 Å². The van der Waals surface area contributed by atoms with E-state index in [-0.39, 0.29) is 26.2 Å². The van der Waals surface area contributed by atoms with Gasteiger partial charge in [-0.05, 0) is 24.3 Å². The van der Waals surface area contributed by atoms with Crippen molar-refractivity contribution in [3.63, 3.8) is 0 Å². The lowest BCUT2D eigenvalue weighted by molar-refractivity contribution is -0.130. The highest BCUT2D eigenvalue weighted by atomic mass is 19.1. The molecule has 1 aliphatic rings. The van der Waals surface area contributed by atoms with Gasteiger partial charge in [-0.15, -0.1) is 0 Å². The third-order valence-electron chi connectivity index (χ3n) is 3.37. The number of nitrogens with one attached hydrogen (secondary N) is 2. The zero-order valence-electron chi connectivity index (χ0n) is 13.0. The first-order valence-corrected chi connectivity index (χ1v) is 7.24. The van der Waals surface area contributed by atoms with Crippen LogP contribution in [0, 0.1) is 5.82 Å². The molecule has 0 bridgehead atoms. The van der Waals surface area contributed by atoms with Crippen LogP contribution < -0.4 is 10.6 Å². The van der Waals surface area contributed by atoms with Gasteiger partial charge in [-0.3, -0.25) is 19.3 Å². The minimum atomic E-state index is -0.514. The van der Waals surface area contributed by atoms with Crippen molar-refractivity contribution in [1.29, 1.82) is 0 Å². The molecule has 1 fully saturated rings. The van der Waals surface area contributed by atoms with Gasteiger partial charge in [0.25, 0.3) is 11.8 Å². The van der Waals surface area contributed by atoms with Gasteiger partial charge in [0.05, 0.1) is 0 Å². The second kappa shape index (κ2) is 7.53. The first-order chi connectivity index (χ1) is 11.4. The molecular formula is C15H17FN4O4. The molecule has 0 aliphatic carbocycles. The Balaban J connectivity index is 1.69. The van der Waals surface area contributed by atoms with Gasteiger partial charge in [-0.25, -0.2) is 9.18 Å². The number of carbonyl (C=O) groups excluding carboxylic acids is 4. The summed E-state index contributed by atoms with van der Waals surface area (Å²) in [6.45, 7) is -0.102. The molecule has 1 aromatic rings. The molecule has 8 nitrogen and oxygen atoms in total. The number of carbonyl (C=O) groups is 4. The Kier molecular flexibility index (Phi) is 5.46. The lowest BCUT2D eigenvalue weighted by Gasteiger charge is -2.14. The Morgan fingerprint density at radius 2 is 1.75 bits per heavy atom. The van der Waals surface area contributed by atoms with Crippen molar-refractivity contribution >= 4 is 23.8 Å². The van der Waals surface area contributed by atoms with Crippen LogP contribution in [0.2, 0.25) is 0 Å². The highest BCUT2D eigenvalue weighted by molar-refractivity contribution is 6.04. The summed E-state index contributed by atoms with van der Waals surface area (Å²) in [6, 6.07) is 4.55. The van der Waals surface area contributed by atoms with E-state index in [0.717, 1.165) is 4.90 Å². The molecule has 24 heavy (non-hydrogen) atoms. The average molecular weight is 336 g/mol. The summed E-state index contributed by atoms with van der Waals surface area (Å²) in [6.07, 6.45) is 0. The summed E-state index contributed by atoms with van der Waals surface area (Å²) in [5.74, 6) is -1.75. The Morgan fingerprint density at radius 3 is 2.33 bits per heavy atom. The van der Waals surface area contributed by atoms with Crippen LogP contribution in [0.3, 0.4) is 0 Å². The SMILES string of the molecule is CN1CC(=O)N(CC(=O)NCCNC(=O)c2ccc(F)cc2)C1=O. The molecule has 1 saturated heterocycles. The van der Waals surface area contributed by atoms with E-state index in [4.69, 9.17) is 0 Å². The highest BCUT2D eigenvalue weighted by Gasteiger charge is 2.34. The molecule has 2 rings (SSSR count). The number of nitrogens with zero attached hydrogens (tertiary/aromatic N) is 2. The minimum absolute atomic E-state index is 0.0418. The molecule has 1 aliphatic heterocycles. The predicted molar refractivity (Wildman–Crippen MR) is 81.5 cm³/mol. The van der Waals surface area contributed by atoms with Crippen LogP contribution in [0.5, 0.6) is 0 Å². The lowest BCUT2D eigenvalue weighted by Crippen LogP contribution is -2.43. The fourth-order valence-electron chi connectivity index (χ4n) is 2.11. The minimum Gasteiger partial charge on any atom is -0.353 e. The van der Waals surface area contributed by atoms with E-state index < -0.39 is 29.6 Å². The van der Waals surface area contributed by atoms with Crippen molar-refractivity contribution in [1.82, 2.24) is 20.4 Å². The van der Waals surface area contributed by atoms with Crippen LogP contribution in [0.15, 0.2) is 24.3 Å². The number of benzene rings is 1. The van der Waals surface area contributed by atoms with Crippen molar-refractivity contribution < 1.29 is 23.6 Å². The van der Waals surface area contributed by atoms with E-state index in [1.54, 1.807) is 0 Å². The lowest BCUT2D eigenvalue weighted by atomic mass is 10.2. The van der Waals surface area contributed by atoms with Crippen LogP contribution in [-0.4, -0.2) is 66.8 Å². The Bertz CT molecular complexity index is 662. The second-order valence-electron chi connectivity index (χ2n) is 5.23. The Labute approximate surface area is 137 Å². The number of hydrogen-bond acceptors (Lipinski definition) is 4. The van der Waals surface area contributed by atoms with E-state index in [0.29, 0.717) is 5.56 Å². The number of imide groups is 1. The molecule has 0 saturated carbocycles. The molecule has 0 unspecified atom stereocenters. The molecule has 5 amide bonds. The normalized spacial score (nSPS) is 14.1. The van der Waals surface area contributed by atoms with Crippen LogP contribution in [0.25, 0.3) is 0 Å². The number of halogens is 1. The van der Waals surface area contributed by atoms with E-state index >= 15 is 0 Å². The van der Waals surface area contributed by atoms with Gasteiger partial charge < -0.3 is 15.5 Å². The molecule has 0 radical (unpaired) electrons. The molecule has 0 spiro atoms. The number of amides is 5. The van der Waals surface area contributed by atoms with Crippen LogP contribution in [0.4, 0.5) is 9.18 Å². The average Bonchev–Trinajstić information content (AvgIpc) is 2.78. The quantitative estimate of drug-likeness (QED) is 0.544. The van der Waals surface area contributed by atoms with Gasteiger partial charge in [0.1, 0.15) is 18.9 Å². The molecule has 0 atom stereocenters. The van der Waals surface area contributed by atoms with Crippen LogP contribution >= 0.6 is 0 Å². The Morgan fingerprint density at radius 1 is 1.12 bits per heavy atom. The first kappa shape index (κ1) is 17.4. The van der Waals surface area contributed by atoms with Crippen molar-refractivity contribution in [3.8, 4) is 0 Å². The van der Waals surface area contributed by atoms with Crippen LogP contribution in [-0.2, 0) is 9.59 Å². The summed E-state index contributed by atoms with van der Waals surface area (Å²) in [5, 5.41) is 5.06. The molecule has 2 N–H and O–H groups in total. The van der Waals surface area contributed by atoms with Crippen molar-refractivity contribution in [2.45, 2.75) is 0 Å². The smallest absolute Gasteiger partial charge is 0.327 e. The summed E-state index contributed by atoms with van der Waals surface area (Å²) >= 11 is 0. The fourth-order valence-corrected chi connectivity index (χ4v) is 2.11. The van der Waals surface area contributed by atoms with Crippen LogP contribution in [0.1, 0.15) is 10.4 Å². The first-order valence-electron chi connectivity index (χ1n) is 7.24. The predicted octanol–water partition coefficient (Wildman–Crippen LogP) is -0.434. The monoisotopic (exact) mass is 336 g/mol. The van der Waals surface area contributed by atoms with Gasteiger partial charge in [0.15, 0.2) is 0 Å². The van der Waals surface area contributed by atoms with Gasteiger partial charge >= 0.3 is 6.03 Å². The van der Waals surface area contributed by atoms with E-state index in [9.17, 15) is 23.6 Å². The standard InChI is InChI=1S/C15H17FN4O4/c1-19-9-13(22)20(15(19)24)8-12(21)17-6-7-18-14(23)10-2-4-11(16)5-3-10/h2-5H,6-9H2,1H3,(H,17,21)(H,18,23). The third-order valence-corrected chi connectivity index (χ3v) is 3.37. The second-order valence-corrected chi connectivity index (χ2v) is 5.23. The maximum atomic E-state index is 12.8. The van der Waals surface area contributed by atoms with Gasteiger partial charge in [-0.1, -0.05) is 0 Å². The zero-order chi connectivity index (χ0) is 17.7. The molecule has 0 aromatic heterocycles. The van der Waals surface area contributed by atoms with E-state index in [1.165, 1.54) is 36.2 Å². The number of hydrogen-bond donors (Lipinski definition) is 2. The molecule has 1 heterocycles. The Hall–Kier alpha value is -2.97. The van der Waals surface area contributed by atoms with Crippen molar-refractivity contribution in [2.75, 3.05) is 33.2 Å². The number of likely N-dealkylation sites (N-methyl/N-ethyl adjacent to an activating group) is 1. The largest absolute Gasteiger partial charge is 0.353 e. The zero-order valence-corrected chi connectivity index (χ0v) is 13.0. The molecule has 9 heteroatoms. The summed E-state index contributed by atoms with van der Waals surface area (Å²) in [5.41, 5.74) is 0.305. The van der Waals surface area contributed by atoms with Crippen molar-refractivity contribution in [3.05, 3.63) is 35.6 Å². The molecule has 128 valence electrons. The topological polar surface area (TPSA) is 98.8 Å². The van der Waals surface area contributed by atoms with Gasteiger partial charge in [-0.2, -0.15) is 0 Å².